The van der Waals surface area contributed by atoms with Gasteiger partial charge in [-0.1, -0.05) is 12.1 Å². The molecule has 0 aromatic heterocycles. The summed E-state index contributed by atoms with van der Waals surface area (Å²) in [6.45, 7) is 8.10. The van der Waals surface area contributed by atoms with Gasteiger partial charge in [0.2, 0.25) is 6.10 Å². The number of para-hydroxylation sites is 2. The SMILES string of the molecule is CC1Oc2ccccc2OC1C(=O)NCC1CN2CCN1CC2. The summed E-state index contributed by atoms with van der Waals surface area (Å²) < 4.78 is 11.6. The van der Waals surface area contributed by atoms with Gasteiger partial charge in [0.1, 0.15) is 6.10 Å². The molecule has 6 nitrogen and oxygen atoms in total. The Morgan fingerprint density at radius 2 is 1.87 bits per heavy atom. The zero-order valence-electron chi connectivity index (χ0n) is 13.4. The van der Waals surface area contributed by atoms with E-state index in [0.717, 1.165) is 32.7 Å². The number of ether oxygens (including phenoxy) is 2. The van der Waals surface area contributed by atoms with Gasteiger partial charge < -0.3 is 14.8 Å². The summed E-state index contributed by atoms with van der Waals surface area (Å²) in [6.07, 6.45) is -0.891. The summed E-state index contributed by atoms with van der Waals surface area (Å²) in [5.74, 6) is 1.24. The highest BCUT2D eigenvalue weighted by molar-refractivity contribution is 5.82. The van der Waals surface area contributed by atoms with Crippen molar-refractivity contribution in [2.24, 2.45) is 0 Å². The first kappa shape index (κ1) is 14.8. The van der Waals surface area contributed by atoms with Crippen LogP contribution in [0, 0.1) is 0 Å². The van der Waals surface area contributed by atoms with Crippen molar-refractivity contribution in [3.63, 3.8) is 0 Å². The van der Waals surface area contributed by atoms with Crippen LogP contribution < -0.4 is 14.8 Å². The van der Waals surface area contributed by atoms with Crippen molar-refractivity contribution in [1.29, 1.82) is 0 Å². The third kappa shape index (κ3) is 2.88. The molecule has 3 saturated heterocycles. The van der Waals surface area contributed by atoms with Gasteiger partial charge in [-0.2, -0.15) is 0 Å². The van der Waals surface area contributed by atoms with E-state index in [0.29, 0.717) is 24.1 Å². The van der Waals surface area contributed by atoms with E-state index in [2.05, 4.69) is 15.1 Å². The maximum atomic E-state index is 12.5. The number of carbonyl (C=O) groups excluding carboxylic acids is 1. The number of nitrogens with zero attached hydrogens (tertiary/aromatic N) is 2. The fourth-order valence-corrected chi connectivity index (χ4v) is 3.64. The van der Waals surface area contributed by atoms with Gasteiger partial charge in [0, 0.05) is 45.3 Å². The van der Waals surface area contributed by atoms with E-state index in [1.165, 1.54) is 0 Å². The first-order valence-corrected chi connectivity index (χ1v) is 8.37. The maximum absolute atomic E-state index is 12.5. The Kier molecular flexibility index (Phi) is 3.87. The number of carbonyl (C=O) groups is 1. The van der Waals surface area contributed by atoms with Gasteiger partial charge in [0.15, 0.2) is 11.5 Å². The predicted octanol–water partition coefficient (Wildman–Crippen LogP) is 0.331. The van der Waals surface area contributed by atoms with Crippen molar-refractivity contribution in [2.45, 2.75) is 25.2 Å². The van der Waals surface area contributed by atoms with Crippen LogP contribution in [0.15, 0.2) is 24.3 Å². The summed E-state index contributed by atoms with van der Waals surface area (Å²) >= 11 is 0. The van der Waals surface area contributed by atoms with Crippen molar-refractivity contribution in [3.8, 4) is 11.5 Å². The Bertz CT molecular complexity index is 586. The molecule has 1 amide bonds. The van der Waals surface area contributed by atoms with Crippen molar-refractivity contribution < 1.29 is 14.3 Å². The smallest absolute Gasteiger partial charge is 0.265 e. The Labute approximate surface area is 136 Å². The fourth-order valence-electron chi connectivity index (χ4n) is 3.64. The molecule has 4 heterocycles. The van der Waals surface area contributed by atoms with Crippen molar-refractivity contribution in [3.05, 3.63) is 24.3 Å². The molecule has 1 aromatic rings. The van der Waals surface area contributed by atoms with Crippen LogP contribution >= 0.6 is 0 Å². The second kappa shape index (κ2) is 6.02. The molecule has 3 unspecified atom stereocenters. The van der Waals surface area contributed by atoms with Crippen molar-refractivity contribution in [2.75, 3.05) is 39.3 Å². The lowest BCUT2D eigenvalue weighted by atomic mass is 10.1. The third-order valence-electron chi connectivity index (χ3n) is 5.00. The molecule has 3 fully saturated rings. The highest BCUT2D eigenvalue weighted by Crippen LogP contribution is 2.33. The van der Waals surface area contributed by atoms with E-state index in [-0.39, 0.29) is 12.0 Å². The lowest BCUT2D eigenvalue weighted by Gasteiger charge is -2.47. The average Bonchev–Trinajstić information content (AvgIpc) is 2.60. The number of hydrogen-bond donors (Lipinski definition) is 1. The van der Waals surface area contributed by atoms with E-state index in [1.807, 2.05) is 31.2 Å². The molecular formula is C17H23N3O3. The first-order valence-electron chi connectivity index (χ1n) is 8.37. The number of amides is 1. The van der Waals surface area contributed by atoms with Gasteiger partial charge >= 0.3 is 0 Å². The maximum Gasteiger partial charge on any atom is 0.265 e. The number of piperazine rings is 3. The van der Waals surface area contributed by atoms with Crippen LogP contribution in [0.1, 0.15) is 6.92 Å². The number of benzene rings is 1. The molecule has 6 heteroatoms. The number of hydrogen-bond acceptors (Lipinski definition) is 5. The minimum Gasteiger partial charge on any atom is -0.482 e. The standard InChI is InChI=1S/C17H23N3O3/c1-12-16(23-15-5-3-2-4-14(15)22-12)17(21)18-10-13-11-19-6-8-20(13)9-7-19/h2-5,12-13,16H,6-11H2,1H3,(H,18,21). The lowest BCUT2D eigenvalue weighted by molar-refractivity contribution is -0.134. The highest BCUT2D eigenvalue weighted by Gasteiger charge is 2.36. The van der Waals surface area contributed by atoms with E-state index in [1.54, 1.807) is 0 Å². The fraction of sp³-hybridized carbons (Fsp3) is 0.588. The zero-order valence-corrected chi connectivity index (χ0v) is 13.4. The molecule has 1 aromatic carbocycles. The van der Waals surface area contributed by atoms with Crippen LogP contribution in [0.4, 0.5) is 0 Å². The van der Waals surface area contributed by atoms with E-state index < -0.39 is 6.10 Å². The number of rotatable bonds is 3. The Hall–Kier alpha value is -1.79. The second-order valence-corrected chi connectivity index (χ2v) is 6.54. The van der Waals surface area contributed by atoms with Crippen molar-refractivity contribution in [1.82, 2.24) is 15.1 Å². The second-order valence-electron chi connectivity index (χ2n) is 6.54. The minimum atomic E-state index is -0.596. The summed E-state index contributed by atoms with van der Waals surface area (Å²) in [4.78, 5) is 17.5. The molecule has 5 rings (SSSR count). The molecule has 23 heavy (non-hydrogen) atoms. The molecule has 0 saturated carbocycles. The predicted molar refractivity (Wildman–Crippen MR) is 85.8 cm³/mol. The topological polar surface area (TPSA) is 54.0 Å². The monoisotopic (exact) mass is 317 g/mol. The van der Waals surface area contributed by atoms with Crippen molar-refractivity contribution >= 4 is 5.91 Å². The van der Waals surface area contributed by atoms with Crippen LogP contribution in [-0.2, 0) is 4.79 Å². The van der Waals surface area contributed by atoms with Gasteiger partial charge in [-0.15, -0.1) is 0 Å². The van der Waals surface area contributed by atoms with Crippen LogP contribution in [0.2, 0.25) is 0 Å². The minimum absolute atomic E-state index is 0.0929. The molecule has 0 radical (unpaired) electrons. The van der Waals surface area contributed by atoms with E-state index in [9.17, 15) is 4.79 Å². The largest absolute Gasteiger partial charge is 0.482 e. The van der Waals surface area contributed by atoms with E-state index in [4.69, 9.17) is 9.47 Å². The first-order chi connectivity index (χ1) is 11.2. The molecule has 1 N–H and O–H groups in total. The van der Waals surface area contributed by atoms with Crippen LogP contribution in [0.25, 0.3) is 0 Å². The van der Waals surface area contributed by atoms with Gasteiger partial charge in [0.05, 0.1) is 0 Å². The Morgan fingerprint density at radius 3 is 2.52 bits per heavy atom. The quantitative estimate of drug-likeness (QED) is 0.871. The summed E-state index contributed by atoms with van der Waals surface area (Å²) in [6, 6.07) is 7.89. The molecule has 124 valence electrons. The number of fused-ring (bicyclic) bond motifs is 4. The molecule has 2 bridgehead atoms. The highest BCUT2D eigenvalue weighted by atomic mass is 16.6. The molecule has 3 atom stereocenters. The Morgan fingerprint density at radius 1 is 1.17 bits per heavy atom. The van der Waals surface area contributed by atoms with Gasteiger partial charge in [-0.25, -0.2) is 0 Å². The normalized spacial score (nSPS) is 34.9. The van der Waals surface area contributed by atoms with Crippen LogP contribution in [0.5, 0.6) is 11.5 Å². The van der Waals surface area contributed by atoms with E-state index >= 15 is 0 Å². The lowest BCUT2D eigenvalue weighted by Crippen LogP contribution is -2.64. The average molecular weight is 317 g/mol. The van der Waals surface area contributed by atoms with Crippen LogP contribution in [-0.4, -0.2) is 73.2 Å². The van der Waals surface area contributed by atoms with Gasteiger partial charge in [-0.3, -0.25) is 14.6 Å². The summed E-state index contributed by atoms with van der Waals surface area (Å²) in [7, 11) is 0. The number of nitrogens with one attached hydrogen (secondary N) is 1. The summed E-state index contributed by atoms with van der Waals surface area (Å²) in [5.41, 5.74) is 0. The molecule has 0 spiro atoms. The zero-order chi connectivity index (χ0) is 15.8. The molecule has 4 aliphatic heterocycles. The third-order valence-corrected chi connectivity index (χ3v) is 5.00. The van der Waals surface area contributed by atoms with Gasteiger partial charge in [0.25, 0.3) is 5.91 Å². The van der Waals surface area contributed by atoms with Crippen LogP contribution in [0.3, 0.4) is 0 Å². The molecule has 4 aliphatic rings. The Balaban J connectivity index is 1.36. The molecular weight excluding hydrogens is 294 g/mol. The van der Waals surface area contributed by atoms with Gasteiger partial charge in [-0.05, 0) is 19.1 Å². The molecule has 0 aliphatic carbocycles. The summed E-state index contributed by atoms with van der Waals surface area (Å²) in [5, 5.41) is 3.06.